The number of carbonyl (C=O) groups excluding carboxylic acids is 3. The Morgan fingerprint density at radius 3 is 2.35 bits per heavy atom. The van der Waals surface area contributed by atoms with Crippen molar-refractivity contribution in [2.24, 2.45) is 11.3 Å². The molecule has 1 aliphatic rings. The molecule has 0 radical (unpaired) electrons. The quantitative estimate of drug-likeness (QED) is 0.0863. The molecule has 1 aromatic heterocycles. The molecule has 10 heteroatoms. The van der Waals surface area contributed by atoms with E-state index in [1.807, 2.05) is 66.7 Å². The molecule has 1 aliphatic carbocycles. The van der Waals surface area contributed by atoms with Crippen LogP contribution in [0.4, 0.5) is 10.7 Å². The number of rotatable bonds is 12. The molecule has 1 atom stereocenters. The molecule has 3 amide bonds. The van der Waals surface area contributed by atoms with E-state index in [0.717, 1.165) is 35.3 Å². The molecule has 1 heterocycles. The van der Waals surface area contributed by atoms with Crippen LogP contribution in [0.2, 0.25) is 0 Å². The lowest BCUT2D eigenvalue weighted by Gasteiger charge is -2.33. The predicted molar refractivity (Wildman–Crippen MR) is 218 cm³/mol. The Morgan fingerprint density at radius 2 is 1.65 bits per heavy atom. The second-order valence-corrected chi connectivity index (χ2v) is 16.3. The molecule has 0 saturated carbocycles. The minimum atomic E-state index is -0.511. The number of nitrogens with zero attached hydrogens (tertiary/aromatic N) is 1. The van der Waals surface area contributed by atoms with E-state index in [2.05, 4.69) is 42.8 Å². The van der Waals surface area contributed by atoms with Crippen LogP contribution in [0.25, 0.3) is 6.08 Å². The molecule has 0 bridgehead atoms. The monoisotopic (exact) mass is 754 g/mol. The van der Waals surface area contributed by atoms with Gasteiger partial charge in [-0.2, -0.15) is 5.26 Å². The van der Waals surface area contributed by atoms with Crippen molar-refractivity contribution in [2.45, 2.75) is 51.5 Å². The fraction of sp³-hybridized carbons (Fsp3) is 0.227. The minimum absolute atomic E-state index is 0.0556. The first-order chi connectivity index (χ1) is 26.1. The molecule has 0 saturated heterocycles. The van der Waals surface area contributed by atoms with Crippen LogP contribution < -0.4 is 20.7 Å². The number of carbonyl (C=O) groups is 3. The van der Waals surface area contributed by atoms with Crippen molar-refractivity contribution >= 4 is 57.6 Å². The highest BCUT2D eigenvalue weighted by Gasteiger charge is 2.32. The number of amides is 3. The zero-order chi connectivity index (χ0) is 38.1. The fourth-order valence-electron chi connectivity index (χ4n) is 6.22. The van der Waals surface area contributed by atoms with Crippen LogP contribution in [0.1, 0.15) is 64.7 Å². The first-order valence-corrected chi connectivity index (χ1v) is 19.6. The molecule has 4 aromatic carbocycles. The average Bonchev–Trinajstić information content (AvgIpc) is 3.53. The Kier molecular flexibility index (Phi) is 12.3. The van der Waals surface area contributed by atoms with E-state index in [4.69, 9.17) is 4.74 Å². The Morgan fingerprint density at radius 1 is 0.926 bits per heavy atom. The van der Waals surface area contributed by atoms with Gasteiger partial charge < -0.3 is 20.7 Å². The third-order valence-corrected chi connectivity index (χ3v) is 11.4. The SMILES string of the molecule is CC(C)(C)C1CCc2c(sc(NC(=O)CSc3cccc(NC(=O)/C(=C\c4ccc(OCc5ccccc5)cc4)NC(=O)c4ccccc4)c3)c2C#N)C1. The summed E-state index contributed by atoms with van der Waals surface area (Å²) in [6, 6.07) is 35.3. The first-order valence-electron chi connectivity index (χ1n) is 17.8. The molecular formula is C44H42N4O4S2. The molecule has 5 aromatic rings. The number of fused-ring (bicyclic) bond motifs is 1. The molecule has 54 heavy (non-hydrogen) atoms. The third-order valence-electron chi connectivity index (χ3n) is 9.28. The van der Waals surface area contributed by atoms with Gasteiger partial charge in [-0.3, -0.25) is 14.4 Å². The lowest BCUT2D eigenvalue weighted by molar-refractivity contribution is -0.114. The minimum Gasteiger partial charge on any atom is -0.489 e. The van der Waals surface area contributed by atoms with Crippen molar-refractivity contribution < 1.29 is 19.1 Å². The first kappa shape index (κ1) is 38.1. The van der Waals surface area contributed by atoms with Gasteiger partial charge in [0.05, 0.1) is 11.3 Å². The number of anilines is 2. The van der Waals surface area contributed by atoms with Crippen LogP contribution in [0.5, 0.6) is 5.75 Å². The summed E-state index contributed by atoms with van der Waals surface area (Å²) in [4.78, 5) is 41.9. The molecule has 6 rings (SSSR count). The average molecular weight is 755 g/mol. The number of nitriles is 1. The van der Waals surface area contributed by atoms with Crippen molar-refractivity contribution in [1.82, 2.24) is 5.32 Å². The second-order valence-electron chi connectivity index (χ2n) is 14.2. The molecule has 274 valence electrons. The highest BCUT2D eigenvalue weighted by molar-refractivity contribution is 8.00. The van der Waals surface area contributed by atoms with E-state index in [0.29, 0.717) is 45.7 Å². The summed E-state index contributed by atoms with van der Waals surface area (Å²) in [5, 5.41) is 19.2. The molecule has 8 nitrogen and oxygen atoms in total. The number of hydrogen-bond acceptors (Lipinski definition) is 7. The summed E-state index contributed by atoms with van der Waals surface area (Å²) in [7, 11) is 0. The molecule has 1 unspecified atom stereocenters. The van der Waals surface area contributed by atoms with Gasteiger partial charge in [0.2, 0.25) is 5.91 Å². The lowest BCUT2D eigenvalue weighted by Crippen LogP contribution is -2.30. The maximum absolute atomic E-state index is 13.7. The van der Waals surface area contributed by atoms with Crippen LogP contribution in [-0.4, -0.2) is 23.5 Å². The zero-order valence-corrected chi connectivity index (χ0v) is 32.1. The topological polar surface area (TPSA) is 120 Å². The Labute approximate surface area is 324 Å². The van der Waals surface area contributed by atoms with Gasteiger partial charge in [0.15, 0.2) is 0 Å². The van der Waals surface area contributed by atoms with Crippen LogP contribution in [-0.2, 0) is 29.0 Å². The van der Waals surface area contributed by atoms with Crippen LogP contribution >= 0.6 is 23.1 Å². The number of ether oxygens (including phenoxy) is 1. The third kappa shape index (κ3) is 10.1. The van der Waals surface area contributed by atoms with Crippen LogP contribution in [0, 0.1) is 22.7 Å². The van der Waals surface area contributed by atoms with Gasteiger partial charge in [0.1, 0.15) is 29.1 Å². The maximum Gasteiger partial charge on any atom is 0.272 e. The standard InChI is InChI=1S/C44H42N4O4S2/c1-44(2,3)32-19-22-36-37(26-45)43(54-39(36)24-32)48-40(49)28-53-35-16-10-15-33(25-35)46-42(51)38(47-41(50)31-13-8-5-9-14-31)23-29-17-20-34(21-18-29)52-27-30-11-6-4-7-12-30/h4-18,20-21,23,25,32H,19,22,24,27-28H2,1-3H3,(H,46,51)(H,47,50)(H,48,49)/b38-23+. The summed E-state index contributed by atoms with van der Waals surface area (Å²) in [5.74, 6) is 0.192. The van der Waals surface area contributed by atoms with Gasteiger partial charge in [0, 0.05) is 21.0 Å². The van der Waals surface area contributed by atoms with E-state index in [1.54, 1.807) is 48.5 Å². The van der Waals surface area contributed by atoms with E-state index >= 15 is 0 Å². The van der Waals surface area contributed by atoms with Crippen molar-refractivity contribution in [1.29, 1.82) is 5.26 Å². The van der Waals surface area contributed by atoms with E-state index in [1.165, 1.54) is 28.0 Å². The largest absolute Gasteiger partial charge is 0.489 e. The Balaban J connectivity index is 1.11. The smallest absolute Gasteiger partial charge is 0.272 e. The lowest BCUT2D eigenvalue weighted by atomic mass is 9.72. The summed E-state index contributed by atoms with van der Waals surface area (Å²) < 4.78 is 5.91. The van der Waals surface area contributed by atoms with Crippen LogP contribution in [0.3, 0.4) is 0 Å². The van der Waals surface area contributed by atoms with Gasteiger partial charge >= 0.3 is 0 Å². The highest BCUT2D eigenvalue weighted by atomic mass is 32.2. The van der Waals surface area contributed by atoms with Gasteiger partial charge in [0.25, 0.3) is 11.8 Å². The zero-order valence-electron chi connectivity index (χ0n) is 30.5. The highest BCUT2D eigenvalue weighted by Crippen LogP contribution is 2.44. The summed E-state index contributed by atoms with van der Waals surface area (Å²) in [6.45, 7) is 7.19. The summed E-state index contributed by atoms with van der Waals surface area (Å²) in [6.07, 6.45) is 4.42. The number of nitrogens with one attached hydrogen (secondary N) is 3. The van der Waals surface area contributed by atoms with Crippen molar-refractivity contribution in [3.8, 4) is 11.8 Å². The molecular weight excluding hydrogens is 713 g/mol. The fourth-order valence-corrected chi connectivity index (χ4v) is 8.26. The number of benzene rings is 4. The van der Waals surface area contributed by atoms with Gasteiger partial charge in [-0.25, -0.2) is 0 Å². The van der Waals surface area contributed by atoms with E-state index in [9.17, 15) is 19.6 Å². The molecule has 0 spiro atoms. The Bertz CT molecular complexity index is 2180. The predicted octanol–water partition coefficient (Wildman–Crippen LogP) is 9.49. The van der Waals surface area contributed by atoms with Crippen molar-refractivity contribution in [3.63, 3.8) is 0 Å². The number of hydrogen-bond donors (Lipinski definition) is 3. The van der Waals surface area contributed by atoms with Crippen molar-refractivity contribution in [2.75, 3.05) is 16.4 Å². The maximum atomic E-state index is 13.7. The normalized spacial score (nSPS) is 14.0. The van der Waals surface area contributed by atoms with E-state index < -0.39 is 11.8 Å². The molecule has 3 N–H and O–H groups in total. The summed E-state index contributed by atoms with van der Waals surface area (Å²) >= 11 is 2.85. The van der Waals surface area contributed by atoms with E-state index in [-0.39, 0.29) is 22.8 Å². The van der Waals surface area contributed by atoms with Gasteiger partial charge in [-0.05, 0) is 95.8 Å². The summed E-state index contributed by atoms with van der Waals surface area (Å²) in [5.41, 5.74) is 4.55. The van der Waals surface area contributed by atoms with Gasteiger partial charge in [-0.15, -0.1) is 23.1 Å². The number of thioether (sulfide) groups is 1. The Hall–Kier alpha value is -5.63. The molecule has 0 aliphatic heterocycles. The van der Waals surface area contributed by atoms with Gasteiger partial charge in [-0.1, -0.05) is 87.5 Å². The number of thiophene rings is 1. The molecule has 0 fully saturated rings. The van der Waals surface area contributed by atoms with Crippen molar-refractivity contribution in [3.05, 3.63) is 148 Å². The van der Waals surface area contributed by atoms with Crippen LogP contribution in [0.15, 0.2) is 120 Å². The second kappa shape index (κ2) is 17.5.